The summed E-state index contributed by atoms with van der Waals surface area (Å²) in [7, 11) is 0. The molecule has 3 amide bonds. The van der Waals surface area contributed by atoms with Crippen molar-refractivity contribution in [1.82, 2.24) is 5.32 Å². The summed E-state index contributed by atoms with van der Waals surface area (Å²) in [4.78, 5) is 22.6. The quantitative estimate of drug-likeness (QED) is 0.739. The van der Waals surface area contributed by atoms with E-state index in [1.807, 2.05) is 0 Å². The summed E-state index contributed by atoms with van der Waals surface area (Å²) >= 11 is 0. The van der Waals surface area contributed by atoms with Crippen molar-refractivity contribution in [2.45, 2.75) is 31.7 Å². The number of aliphatic hydroxyl groups is 1. The van der Waals surface area contributed by atoms with Crippen LogP contribution in [0.25, 0.3) is 0 Å². The van der Waals surface area contributed by atoms with Gasteiger partial charge in [0.1, 0.15) is 0 Å². The van der Waals surface area contributed by atoms with Crippen molar-refractivity contribution in [2.24, 2.45) is 21.9 Å². The number of urea groups is 1. The molecule has 1 saturated carbocycles. The first-order valence-electron chi connectivity index (χ1n) is 7.31. The molecule has 0 bridgehead atoms. The van der Waals surface area contributed by atoms with Crippen LogP contribution in [0.2, 0.25) is 0 Å². The summed E-state index contributed by atoms with van der Waals surface area (Å²) in [6.07, 6.45) is 3.66. The minimum Gasteiger partial charge on any atom is -0.396 e. The Bertz CT molecular complexity index is 548. The van der Waals surface area contributed by atoms with Crippen LogP contribution in [0.1, 0.15) is 36.0 Å². The number of nitrogens with two attached hydrogens (primary N) is 1. The zero-order chi connectivity index (χ0) is 15.9. The van der Waals surface area contributed by atoms with E-state index in [9.17, 15) is 9.59 Å². The number of hydrogen-bond donors (Lipinski definition) is 3. The van der Waals surface area contributed by atoms with Crippen molar-refractivity contribution in [1.29, 1.82) is 0 Å². The highest BCUT2D eigenvalue weighted by atomic mass is 16.3. The van der Waals surface area contributed by atoms with Gasteiger partial charge >= 0.3 is 6.03 Å². The van der Waals surface area contributed by atoms with Gasteiger partial charge in [0.05, 0.1) is 5.69 Å². The second kappa shape index (κ2) is 7.65. The van der Waals surface area contributed by atoms with Gasteiger partial charge in [-0.25, -0.2) is 4.79 Å². The van der Waals surface area contributed by atoms with Crippen LogP contribution in [0, 0.1) is 5.92 Å². The van der Waals surface area contributed by atoms with Crippen molar-refractivity contribution in [2.75, 3.05) is 6.61 Å². The summed E-state index contributed by atoms with van der Waals surface area (Å²) in [5.41, 5.74) is 5.85. The van der Waals surface area contributed by atoms with E-state index in [4.69, 9.17) is 10.8 Å². The zero-order valence-corrected chi connectivity index (χ0v) is 12.2. The van der Waals surface area contributed by atoms with Gasteiger partial charge in [0.15, 0.2) is 0 Å². The van der Waals surface area contributed by atoms with Crippen molar-refractivity contribution in [3.05, 3.63) is 29.8 Å². The topological polar surface area (TPSA) is 117 Å². The number of primary amides is 1. The lowest BCUT2D eigenvalue weighted by Crippen LogP contribution is -2.38. The van der Waals surface area contributed by atoms with Crippen LogP contribution in [-0.2, 0) is 0 Å². The van der Waals surface area contributed by atoms with Crippen LogP contribution < -0.4 is 11.1 Å². The molecule has 22 heavy (non-hydrogen) atoms. The predicted molar refractivity (Wildman–Crippen MR) is 80.8 cm³/mol. The molecule has 4 N–H and O–H groups in total. The molecular formula is C15H20N4O3. The molecule has 1 aliphatic rings. The molecule has 1 aromatic carbocycles. The highest BCUT2D eigenvalue weighted by Gasteiger charge is 2.22. The Kier molecular flexibility index (Phi) is 5.60. The molecule has 7 nitrogen and oxygen atoms in total. The number of aliphatic hydroxyl groups excluding tert-OH is 1. The van der Waals surface area contributed by atoms with Crippen molar-refractivity contribution in [3.63, 3.8) is 0 Å². The number of benzene rings is 1. The lowest BCUT2D eigenvalue weighted by Gasteiger charge is -2.27. The Morgan fingerprint density at radius 3 is 2.36 bits per heavy atom. The van der Waals surface area contributed by atoms with Crippen LogP contribution in [-0.4, -0.2) is 29.7 Å². The van der Waals surface area contributed by atoms with Gasteiger partial charge in [-0.05, 0) is 55.9 Å². The number of rotatable bonds is 4. The Morgan fingerprint density at radius 1 is 1.18 bits per heavy atom. The SMILES string of the molecule is NC(=O)N=Nc1ccc(C(=O)NC2CCC(CO)CC2)cc1. The highest BCUT2D eigenvalue weighted by Crippen LogP contribution is 2.24. The van der Waals surface area contributed by atoms with E-state index in [1.54, 1.807) is 24.3 Å². The summed E-state index contributed by atoms with van der Waals surface area (Å²) in [6, 6.07) is 5.76. The van der Waals surface area contributed by atoms with Gasteiger partial charge in [-0.3, -0.25) is 4.79 Å². The molecule has 0 unspecified atom stereocenters. The van der Waals surface area contributed by atoms with Gasteiger partial charge < -0.3 is 16.2 Å². The van der Waals surface area contributed by atoms with E-state index < -0.39 is 6.03 Å². The van der Waals surface area contributed by atoms with Crippen LogP contribution >= 0.6 is 0 Å². The number of carbonyl (C=O) groups excluding carboxylic acids is 2. The maximum atomic E-state index is 12.2. The minimum absolute atomic E-state index is 0.133. The average molecular weight is 304 g/mol. The molecule has 0 aromatic heterocycles. The molecule has 0 spiro atoms. The molecule has 1 fully saturated rings. The Morgan fingerprint density at radius 2 is 1.82 bits per heavy atom. The molecular weight excluding hydrogens is 284 g/mol. The number of carbonyl (C=O) groups is 2. The van der Waals surface area contributed by atoms with E-state index in [1.165, 1.54) is 0 Å². The van der Waals surface area contributed by atoms with E-state index in [2.05, 4.69) is 15.5 Å². The maximum Gasteiger partial charge on any atom is 0.356 e. The number of hydrogen-bond acceptors (Lipinski definition) is 4. The van der Waals surface area contributed by atoms with Crippen molar-refractivity contribution < 1.29 is 14.7 Å². The first-order chi connectivity index (χ1) is 10.6. The second-order valence-electron chi connectivity index (χ2n) is 5.46. The van der Waals surface area contributed by atoms with Crippen LogP contribution in [0.4, 0.5) is 10.5 Å². The standard InChI is InChI=1S/C15H20N4O3/c16-15(22)19-18-13-7-3-11(4-8-13)14(21)17-12-5-1-10(9-20)2-6-12/h3-4,7-8,10,12,20H,1-2,5-6,9H2,(H2,16,22)(H,17,21). The molecule has 0 heterocycles. The third kappa shape index (κ3) is 4.63. The van der Waals surface area contributed by atoms with E-state index in [-0.39, 0.29) is 18.6 Å². The fourth-order valence-corrected chi connectivity index (χ4v) is 2.54. The molecule has 1 aliphatic carbocycles. The Labute approximate surface area is 128 Å². The summed E-state index contributed by atoms with van der Waals surface area (Å²) < 4.78 is 0. The van der Waals surface area contributed by atoms with Crippen molar-refractivity contribution >= 4 is 17.6 Å². The average Bonchev–Trinajstić information content (AvgIpc) is 2.54. The van der Waals surface area contributed by atoms with E-state index in [0.29, 0.717) is 17.2 Å². The zero-order valence-electron chi connectivity index (χ0n) is 12.2. The molecule has 0 saturated heterocycles. The number of amides is 3. The molecule has 118 valence electrons. The largest absolute Gasteiger partial charge is 0.396 e. The smallest absolute Gasteiger partial charge is 0.356 e. The van der Waals surface area contributed by atoms with Gasteiger partial charge in [-0.15, -0.1) is 5.11 Å². The summed E-state index contributed by atoms with van der Waals surface area (Å²) in [5, 5.41) is 19.0. The van der Waals surface area contributed by atoms with Gasteiger partial charge in [0.25, 0.3) is 5.91 Å². The monoisotopic (exact) mass is 304 g/mol. The third-order valence-corrected chi connectivity index (χ3v) is 3.83. The van der Waals surface area contributed by atoms with Crippen LogP contribution in [0.5, 0.6) is 0 Å². The lowest BCUT2D eigenvalue weighted by atomic mass is 9.86. The maximum absolute atomic E-state index is 12.2. The van der Waals surface area contributed by atoms with Gasteiger partial charge in [-0.2, -0.15) is 0 Å². The Balaban J connectivity index is 1.89. The summed E-state index contributed by atoms with van der Waals surface area (Å²) in [5.74, 6) is 0.230. The van der Waals surface area contributed by atoms with Crippen LogP contribution in [0.15, 0.2) is 34.5 Å². The number of nitrogens with one attached hydrogen (secondary N) is 1. The molecule has 0 atom stereocenters. The normalized spacial score (nSPS) is 21.7. The van der Waals surface area contributed by atoms with Crippen LogP contribution in [0.3, 0.4) is 0 Å². The fraction of sp³-hybridized carbons (Fsp3) is 0.467. The predicted octanol–water partition coefficient (Wildman–Crippen LogP) is 2.13. The van der Waals surface area contributed by atoms with Crippen molar-refractivity contribution in [3.8, 4) is 0 Å². The highest BCUT2D eigenvalue weighted by molar-refractivity contribution is 5.94. The third-order valence-electron chi connectivity index (χ3n) is 3.83. The first-order valence-corrected chi connectivity index (χ1v) is 7.31. The minimum atomic E-state index is -0.861. The molecule has 0 radical (unpaired) electrons. The first kappa shape index (κ1) is 16.1. The van der Waals surface area contributed by atoms with Gasteiger partial charge in [0, 0.05) is 18.2 Å². The van der Waals surface area contributed by atoms with E-state index >= 15 is 0 Å². The summed E-state index contributed by atoms with van der Waals surface area (Å²) in [6.45, 7) is 0.224. The molecule has 2 rings (SSSR count). The van der Waals surface area contributed by atoms with E-state index in [0.717, 1.165) is 25.7 Å². The number of nitrogens with zero attached hydrogens (tertiary/aromatic N) is 2. The van der Waals surface area contributed by atoms with Gasteiger partial charge in [-0.1, -0.05) is 5.11 Å². The van der Waals surface area contributed by atoms with Gasteiger partial charge in [0.2, 0.25) is 0 Å². The molecule has 7 heteroatoms. The number of azo groups is 1. The molecule has 1 aromatic rings. The molecule has 0 aliphatic heterocycles. The fourth-order valence-electron chi connectivity index (χ4n) is 2.54. The second-order valence-corrected chi connectivity index (χ2v) is 5.46. The lowest BCUT2D eigenvalue weighted by molar-refractivity contribution is 0.0914. The Hall–Kier alpha value is -2.28.